The number of benzene rings is 1. The lowest BCUT2D eigenvalue weighted by Gasteiger charge is -2.19. The Labute approximate surface area is 111 Å². The quantitative estimate of drug-likeness (QED) is 0.766. The summed E-state index contributed by atoms with van der Waals surface area (Å²) in [5.74, 6) is 0.696. The monoisotopic (exact) mass is 295 g/mol. The maximum atomic E-state index is 12.0. The SMILES string of the molecule is Cc1cc(N2CC(CBr)CC2=O)cc(C)c1C. The topological polar surface area (TPSA) is 20.3 Å². The van der Waals surface area contributed by atoms with Crippen molar-refractivity contribution in [2.24, 2.45) is 5.92 Å². The number of alkyl halides is 1. The second-order valence-electron chi connectivity index (χ2n) is 4.93. The number of carbonyl (C=O) groups excluding carboxylic acids is 1. The van der Waals surface area contributed by atoms with E-state index in [4.69, 9.17) is 0 Å². The Balaban J connectivity index is 2.32. The Kier molecular flexibility index (Phi) is 3.57. The number of aryl methyl sites for hydroxylation is 2. The van der Waals surface area contributed by atoms with Crippen molar-refractivity contribution in [1.82, 2.24) is 0 Å². The molecule has 0 spiro atoms. The fraction of sp³-hybridized carbons (Fsp3) is 0.500. The molecule has 92 valence electrons. The molecule has 0 radical (unpaired) electrons. The predicted molar refractivity (Wildman–Crippen MR) is 74.9 cm³/mol. The van der Waals surface area contributed by atoms with E-state index in [9.17, 15) is 4.79 Å². The van der Waals surface area contributed by atoms with Crippen molar-refractivity contribution < 1.29 is 4.79 Å². The van der Waals surface area contributed by atoms with Crippen LogP contribution in [0.1, 0.15) is 23.1 Å². The first-order valence-corrected chi connectivity index (χ1v) is 7.09. The minimum Gasteiger partial charge on any atom is -0.312 e. The smallest absolute Gasteiger partial charge is 0.227 e. The van der Waals surface area contributed by atoms with Gasteiger partial charge in [-0.15, -0.1) is 0 Å². The fourth-order valence-electron chi connectivity index (χ4n) is 2.30. The molecular formula is C14H18BrNO. The largest absolute Gasteiger partial charge is 0.312 e. The molecule has 2 rings (SSSR count). The highest BCUT2D eigenvalue weighted by molar-refractivity contribution is 9.09. The van der Waals surface area contributed by atoms with Crippen LogP contribution in [0.3, 0.4) is 0 Å². The Bertz CT molecular complexity index is 433. The number of nitrogens with zero attached hydrogens (tertiary/aromatic N) is 1. The molecule has 0 N–H and O–H groups in total. The summed E-state index contributed by atoms with van der Waals surface area (Å²) in [6, 6.07) is 4.24. The van der Waals surface area contributed by atoms with Gasteiger partial charge in [-0.25, -0.2) is 0 Å². The van der Waals surface area contributed by atoms with Crippen LogP contribution < -0.4 is 4.90 Å². The number of hydrogen-bond donors (Lipinski definition) is 0. The van der Waals surface area contributed by atoms with Gasteiger partial charge in [-0.3, -0.25) is 4.79 Å². The zero-order valence-electron chi connectivity index (χ0n) is 10.6. The van der Waals surface area contributed by atoms with E-state index in [0.717, 1.165) is 17.6 Å². The van der Waals surface area contributed by atoms with Crippen molar-refractivity contribution in [2.75, 3.05) is 16.8 Å². The average molecular weight is 296 g/mol. The van der Waals surface area contributed by atoms with Crippen LogP contribution in [-0.4, -0.2) is 17.8 Å². The van der Waals surface area contributed by atoms with Gasteiger partial charge in [-0.05, 0) is 55.5 Å². The van der Waals surface area contributed by atoms with Gasteiger partial charge in [0.05, 0.1) is 0 Å². The minimum absolute atomic E-state index is 0.247. The zero-order chi connectivity index (χ0) is 12.6. The highest BCUT2D eigenvalue weighted by atomic mass is 79.9. The average Bonchev–Trinajstić information content (AvgIpc) is 2.67. The van der Waals surface area contributed by atoms with Gasteiger partial charge in [0.2, 0.25) is 5.91 Å². The van der Waals surface area contributed by atoms with Crippen LogP contribution in [0.5, 0.6) is 0 Å². The van der Waals surface area contributed by atoms with Crippen molar-refractivity contribution in [3.05, 3.63) is 28.8 Å². The number of rotatable bonds is 2. The lowest BCUT2D eigenvalue weighted by atomic mass is 10.0. The van der Waals surface area contributed by atoms with E-state index in [1.165, 1.54) is 16.7 Å². The highest BCUT2D eigenvalue weighted by Crippen LogP contribution is 2.29. The van der Waals surface area contributed by atoms with E-state index in [1.807, 2.05) is 4.90 Å². The lowest BCUT2D eigenvalue weighted by molar-refractivity contribution is -0.117. The molecule has 2 nitrogen and oxygen atoms in total. The van der Waals surface area contributed by atoms with Crippen molar-refractivity contribution in [1.29, 1.82) is 0 Å². The van der Waals surface area contributed by atoms with Crippen molar-refractivity contribution in [2.45, 2.75) is 27.2 Å². The maximum absolute atomic E-state index is 12.0. The molecule has 0 bridgehead atoms. The second kappa shape index (κ2) is 4.81. The van der Waals surface area contributed by atoms with Gasteiger partial charge in [0, 0.05) is 24.0 Å². The number of amides is 1. The molecule has 3 heteroatoms. The van der Waals surface area contributed by atoms with E-state index < -0.39 is 0 Å². The number of hydrogen-bond acceptors (Lipinski definition) is 1. The minimum atomic E-state index is 0.247. The van der Waals surface area contributed by atoms with E-state index in [-0.39, 0.29) is 5.91 Å². The van der Waals surface area contributed by atoms with Gasteiger partial charge in [0.25, 0.3) is 0 Å². The third-order valence-electron chi connectivity index (χ3n) is 3.65. The van der Waals surface area contributed by atoms with Gasteiger partial charge in [0.15, 0.2) is 0 Å². The molecule has 1 saturated heterocycles. The summed E-state index contributed by atoms with van der Waals surface area (Å²) in [6.07, 6.45) is 0.664. The molecule has 17 heavy (non-hydrogen) atoms. The van der Waals surface area contributed by atoms with Crippen LogP contribution >= 0.6 is 15.9 Å². The van der Waals surface area contributed by atoms with Gasteiger partial charge >= 0.3 is 0 Å². The number of anilines is 1. The third kappa shape index (κ3) is 2.39. The molecule has 1 unspecified atom stereocenters. The first-order valence-electron chi connectivity index (χ1n) is 5.97. The van der Waals surface area contributed by atoms with Crippen LogP contribution in [0, 0.1) is 26.7 Å². The van der Waals surface area contributed by atoms with Gasteiger partial charge < -0.3 is 4.90 Å². The molecule has 0 saturated carbocycles. The predicted octanol–water partition coefficient (Wildman–Crippen LogP) is 3.36. The molecule has 1 aromatic rings. The van der Waals surface area contributed by atoms with E-state index in [2.05, 4.69) is 48.8 Å². The molecule has 1 fully saturated rings. The number of carbonyl (C=O) groups is 1. The summed E-state index contributed by atoms with van der Waals surface area (Å²) in [5.41, 5.74) is 4.89. The Morgan fingerprint density at radius 3 is 2.35 bits per heavy atom. The Morgan fingerprint density at radius 1 is 1.29 bits per heavy atom. The summed E-state index contributed by atoms with van der Waals surface area (Å²) in [5, 5.41) is 0.902. The normalized spacial score (nSPS) is 20.1. The van der Waals surface area contributed by atoms with Crippen LogP contribution in [0.4, 0.5) is 5.69 Å². The summed E-state index contributed by atoms with van der Waals surface area (Å²) < 4.78 is 0. The van der Waals surface area contributed by atoms with Crippen LogP contribution in [0.25, 0.3) is 0 Å². The lowest BCUT2D eigenvalue weighted by Crippen LogP contribution is -2.24. The number of halogens is 1. The van der Waals surface area contributed by atoms with Crippen molar-refractivity contribution in [3.63, 3.8) is 0 Å². The molecule has 1 amide bonds. The van der Waals surface area contributed by atoms with E-state index >= 15 is 0 Å². The third-order valence-corrected chi connectivity index (χ3v) is 4.56. The molecule has 1 atom stereocenters. The molecule has 1 heterocycles. The molecular weight excluding hydrogens is 278 g/mol. The summed E-state index contributed by atoms with van der Waals surface area (Å²) in [4.78, 5) is 13.9. The van der Waals surface area contributed by atoms with Crippen LogP contribution in [0.15, 0.2) is 12.1 Å². The van der Waals surface area contributed by atoms with Gasteiger partial charge in [-0.1, -0.05) is 15.9 Å². The first kappa shape index (κ1) is 12.6. The fourth-order valence-corrected chi connectivity index (χ4v) is 2.74. The van der Waals surface area contributed by atoms with Crippen LogP contribution in [-0.2, 0) is 4.79 Å². The molecule has 1 aromatic carbocycles. The van der Waals surface area contributed by atoms with E-state index in [1.54, 1.807) is 0 Å². The van der Waals surface area contributed by atoms with Crippen molar-refractivity contribution in [3.8, 4) is 0 Å². The Morgan fingerprint density at radius 2 is 1.88 bits per heavy atom. The maximum Gasteiger partial charge on any atom is 0.227 e. The Hall–Kier alpha value is -0.830. The van der Waals surface area contributed by atoms with Crippen molar-refractivity contribution >= 4 is 27.5 Å². The van der Waals surface area contributed by atoms with Gasteiger partial charge in [0.1, 0.15) is 0 Å². The molecule has 0 aromatic heterocycles. The highest BCUT2D eigenvalue weighted by Gasteiger charge is 2.29. The summed E-state index contributed by atoms with van der Waals surface area (Å²) >= 11 is 3.47. The first-order chi connectivity index (χ1) is 8.02. The standard InChI is InChI=1S/C14H18BrNO/c1-9-4-13(5-10(2)11(9)3)16-8-12(7-15)6-14(16)17/h4-5,12H,6-8H2,1-3H3. The zero-order valence-corrected chi connectivity index (χ0v) is 12.2. The second-order valence-corrected chi connectivity index (χ2v) is 5.58. The van der Waals surface area contributed by atoms with Crippen LogP contribution in [0.2, 0.25) is 0 Å². The molecule has 1 aliphatic heterocycles. The summed E-state index contributed by atoms with van der Waals surface area (Å²) in [7, 11) is 0. The molecule has 1 aliphatic rings. The summed E-state index contributed by atoms with van der Waals surface area (Å²) in [6.45, 7) is 7.18. The molecule has 0 aliphatic carbocycles. The van der Waals surface area contributed by atoms with Gasteiger partial charge in [-0.2, -0.15) is 0 Å². The van der Waals surface area contributed by atoms with E-state index in [0.29, 0.717) is 12.3 Å².